The molecule has 0 fully saturated rings. The number of rotatable bonds is 5. The van der Waals surface area contributed by atoms with E-state index in [-0.39, 0.29) is 29.3 Å². The molecule has 0 unspecified atom stereocenters. The van der Waals surface area contributed by atoms with Crippen molar-refractivity contribution in [3.05, 3.63) is 59.9 Å². The zero-order valence-corrected chi connectivity index (χ0v) is 15.1. The van der Waals surface area contributed by atoms with Crippen LogP contribution in [0.1, 0.15) is 28.7 Å². The fraction of sp³-hybridized carbons (Fsp3) is 0.222. The van der Waals surface area contributed by atoms with Crippen LogP contribution < -0.4 is 5.32 Å². The minimum absolute atomic E-state index is 0.00587. The zero-order chi connectivity index (χ0) is 20.6. The fourth-order valence-corrected chi connectivity index (χ4v) is 2.78. The monoisotopic (exact) mass is 404 g/mol. The molecule has 0 spiro atoms. The van der Waals surface area contributed by atoms with Gasteiger partial charge in [-0.05, 0) is 25.1 Å². The van der Waals surface area contributed by atoms with Crippen molar-refractivity contribution in [2.45, 2.75) is 26.2 Å². The first-order valence-corrected chi connectivity index (χ1v) is 8.66. The maximum atomic E-state index is 13.5. The van der Waals surface area contributed by atoms with Crippen molar-refractivity contribution in [2.75, 3.05) is 0 Å². The lowest BCUT2D eigenvalue weighted by molar-refractivity contribution is -0.142. The standard InChI is InChI=1S/C18H15F3N6O2/c1-2-26-10-11(9-23-26)8-22-17(28)13-7-16-24-12(14-4-3-5-29-14)6-15(18(19,20)21)27(16)25-13/h3-7,9-10H,2,8H2,1H3,(H,22,28). The Hall–Kier alpha value is -3.63. The first-order chi connectivity index (χ1) is 13.8. The Balaban J connectivity index is 1.66. The molecule has 4 heterocycles. The van der Waals surface area contributed by atoms with Crippen molar-refractivity contribution < 1.29 is 22.4 Å². The molecule has 0 bridgehead atoms. The molecule has 0 saturated carbocycles. The maximum Gasteiger partial charge on any atom is 0.433 e. The van der Waals surface area contributed by atoms with Crippen molar-refractivity contribution in [3.63, 3.8) is 0 Å². The molecule has 0 aliphatic heterocycles. The van der Waals surface area contributed by atoms with Crippen LogP contribution in [0.15, 0.2) is 47.3 Å². The van der Waals surface area contributed by atoms with Gasteiger partial charge in [-0.1, -0.05) is 0 Å². The number of nitrogens with one attached hydrogen (secondary N) is 1. The molecule has 150 valence electrons. The van der Waals surface area contributed by atoms with Gasteiger partial charge in [-0.25, -0.2) is 9.50 Å². The second kappa shape index (κ2) is 7.08. The van der Waals surface area contributed by atoms with Gasteiger partial charge in [0.25, 0.3) is 5.91 Å². The molecule has 0 aliphatic carbocycles. The summed E-state index contributed by atoms with van der Waals surface area (Å²) < 4.78 is 48.0. The molecule has 0 radical (unpaired) electrons. The Morgan fingerprint density at radius 1 is 1.31 bits per heavy atom. The number of furan rings is 1. The largest absolute Gasteiger partial charge is 0.463 e. The van der Waals surface area contributed by atoms with Crippen molar-refractivity contribution in [1.82, 2.24) is 29.7 Å². The van der Waals surface area contributed by atoms with E-state index in [1.54, 1.807) is 23.1 Å². The Morgan fingerprint density at radius 2 is 2.14 bits per heavy atom. The average Bonchev–Trinajstić information content (AvgIpc) is 3.44. The first kappa shape index (κ1) is 18.7. The molecule has 0 aromatic carbocycles. The number of halogens is 3. The molecular weight excluding hydrogens is 389 g/mol. The number of alkyl halides is 3. The molecule has 1 N–H and O–H groups in total. The Bertz CT molecular complexity index is 1160. The van der Waals surface area contributed by atoms with Gasteiger partial charge in [0, 0.05) is 30.9 Å². The number of carbonyl (C=O) groups is 1. The maximum absolute atomic E-state index is 13.5. The van der Waals surface area contributed by atoms with E-state index >= 15 is 0 Å². The summed E-state index contributed by atoms with van der Waals surface area (Å²) in [6.45, 7) is 2.78. The quantitative estimate of drug-likeness (QED) is 0.552. The lowest BCUT2D eigenvalue weighted by Gasteiger charge is -2.09. The van der Waals surface area contributed by atoms with E-state index in [1.807, 2.05) is 6.92 Å². The van der Waals surface area contributed by atoms with E-state index in [4.69, 9.17) is 4.42 Å². The van der Waals surface area contributed by atoms with E-state index in [9.17, 15) is 18.0 Å². The topological polar surface area (TPSA) is 90.2 Å². The number of nitrogens with zero attached hydrogens (tertiary/aromatic N) is 5. The Kier molecular flexibility index (Phi) is 4.57. The van der Waals surface area contributed by atoms with Crippen LogP contribution in [-0.4, -0.2) is 30.3 Å². The van der Waals surface area contributed by atoms with Crippen LogP contribution in [0, 0.1) is 0 Å². The normalized spacial score (nSPS) is 11.9. The van der Waals surface area contributed by atoms with Crippen molar-refractivity contribution in [2.24, 2.45) is 0 Å². The van der Waals surface area contributed by atoms with Gasteiger partial charge in [0.05, 0.1) is 12.5 Å². The van der Waals surface area contributed by atoms with Gasteiger partial charge < -0.3 is 9.73 Å². The lowest BCUT2D eigenvalue weighted by atomic mass is 10.2. The molecule has 0 aliphatic rings. The Morgan fingerprint density at radius 3 is 2.79 bits per heavy atom. The minimum atomic E-state index is -4.70. The highest BCUT2D eigenvalue weighted by Gasteiger charge is 2.36. The second-order valence-corrected chi connectivity index (χ2v) is 6.19. The van der Waals surface area contributed by atoms with E-state index in [2.05, 4.69) is 20.5 Å². The van der Waals surface area contributed by atoms with E-state index < -0.39 is 17.8 Å². The molecule has 0 saturated heterocycles. The molecule has 8 nitrogen and oxygen atoms in total. The van der Waals surface area contributed by atoms with Crippen molar-refractivity contribution >= 4 is 11.6 Å². The number of hydrogen-bond donors (Lipinski definition) is 1. The smallest absolute Gasteiger partial charge is 0.433 e. The average molecular weight is 404 g/mol. The fourth-order valence-electron chi connectivity index (χ4n) is 2.78. The summed E-state index contributed by atoms with van der Waals surface area (Å²) in [5, 5.41) is 10.5. The molecule has 4 aromatic heterocycles. The van der Waals surface area contributed by atoms with Crippen LogP contribution in [0.3, 0.4) is 0 Å². The predicted octanol–water partition coefficient (Wildman–Crippen LogP) is 3.15. The van der Waals surface area contributed by atoms with Gasteiger partial charge in [-0.3, -0.25) is 9.48 Å². The highest BCUT2D eigenvalue weighted by molar-refractivity contribution is 5.93. The van der Waals surface area contributed by atoms with Gasteiger partial charge in [0.2, 0.25) is 0 Å². The summed E-state index contributed by atoms with van der Waals surface area (Å²) in [5.41, 5.74) is -0.596. The Labute approximate surface area is 162 Å². The molecule has 4 aromatic rings. The van der Waals surface area contributed by atoms with E-state index in [0.717, 1.165) is 11.6 Å². The highest BCUT2D eigenvalue weighted by Crippen LogP contribution is 2.32. The summed E-state index contributed by atoms with van der Waals surface area (Å²) >= 11 is 0. The molecule has 4 rings (SSSR count). The first-order valence-electron chi connectivity index (χ1n) is 8.66. The molecular formula is C18H15F3N6O2. The summed E-state index contributed by atoms with van der Waals surface area (Å²) in [6.07, 6.45) is 0.0107. The van der Waals surface area contributed by atoms with Crippen LogP contribution in [0.2, 0.25) is 0 Å². The van der Waals surface area contributed by atoms with Gasteiger partial charge >= 0.3 is 6.18 Å². The van der Waals surface area contributed by atoms with E-state index in [0.29, 0.717) is 11.1 Å². The molecule has 0 atom stereocenters. The van der Waals surface area contributed by atoms with Crippen LogP contribution in [-0.2, 0) is 19.3 Å². The van der Waals surface area contributed by atoms with Gasteiger partial charge in [-0.15, -0.1) is 0 Å². The SMILES string of the molecule is CCn1cc(CNC(=O)c2cc3nc(-c4ccco4)cc(C(F)(F)F)n3n2)cn1. The number of aryl methyl sites for hydroxylation is 1. The number of fused-ring (bicyclic) bond motifs is 1. The minimum Gasteiger partial charge on any atom is -0.463 e. The van der Waals surface area contributed by atoms with Crippen molar-refractivity contribution in [3.8, 4) is 11.5 Å². The second-order valence-electron chi connectivity index (χ2n) is 6.19. The molecule has 11 heteroatoms. The van der Waals surface area contributed by atoms with Crippen LogP contribution in [0.5, 0.6) is 0 Å². The van der Waals surface area contributed by atoms with Crippen LogP contribution >= 0.6 is 0 Å². The summed E-state index contributed by atoms with van der Waals surface area (Å²) in [6, 6.07) is 5.08. The predicted molar refractivity (Wildman–Crippen MR) is 94.8 cm³/mol. The van der Waals surface area contributed by atoms with Crippen LogP contribution in [0.4, 0.5) is 13.2 Å². The highest BCUT2D eigenvalue weighted by atomic mass is 19.4. The summed E-state index contributed by atoms with van der Waals surface area (Å²) in [7, 11) is 0. The third-order valence-electron chi connectivity index (χ3n) is 4.19. The number of aromatic nitrogens is 5. The number of carbonyl (C=O) groups excluding carboxylic acids is 1. The van der Waals surface area contributed by atoms with Gasteiger partial charge in [-0.2, -0.15) is 23.4 Å². The number of hydrogen-bond acceptors (Lipinski definition) is 5. The summed E-state index contributed by atoms with van der Waals surface area (Å²) in [5.74, 6) is -0.439. The zero-order valence-electron chi connectivity index (χ0n) is 15.1. The van der Waals surface area contributed by atoms with Gasteiger partial charge in [0.1, 0.15) is 5.69 Å². The third kappa shape index (κ3) is 3.71. The van der Waals surface area contributed by atoms with Crippen molar-refractivity contribution in [1.29, 1.82) is 0 Å². The van der Waals surface area contributed by atoms with Crippen LogP contribution in [0.25, 0.3) is 17.1 Å². The lowest BCUT2D eigenvalue weighted by Crippen LogP contribution is -2.23. The third-order valence-corrected chi connectivity index (χ3v) is 4.19. The number of amides is 1. The molecule has 1 amide bonds. The van der Waals surface area contributed by atoms with E-state index in [1.165, 1.54) is 18.4 Å². The summed E-state index contributed by atoms with van der Waals surface area (Å²) in [4.78, 5) is 16.5. The van der Waals surface area contributed by atoms with Gasteiger partial charge in [0.15, 0.2) is 22.8 Å². The molecule has 29 heavy (non-hydrogen) atoms.